The molecule has 8 heteroatoms. The molecule has 5 rings (SSSR count). The van der Waals surface area contributed by atoms with Gasteiger partial charge in [-0.2, -0.15) is 5.10 Å². The Morgan fingerprint density at radius 1 is 1.11 bits per heavy atom. The molecular formula is C28H28N4O4. The highest BCUT2D eigenvalue weighted by atomic mass is 16.5. The van der Waals surface area contributed by atoms with Gasteiger partial charge in [0.1, 0.15) is 17.1 Å². The summed E-state index contributed by atoms with van der Waals surface area (Å²) in [6.45, 7) is 3.07. The Hall–Kier alpha value is -4.33. The van der Waals surface area contributed by atoms with Gasteiger partial charge in [-0.3, -0.25) is 14.9 Å². The number of ether oxygens (including phenoxy) is 2. The number of hydrogen-bond acceptors (Lipinski definition) is 6. The lowest BCUT2D eigenvalue weighted by molar-refractivity contribution is 0.0729. The van der Waals surface area contributed by atoms with Crippen LogP contribution >= 0.6 is 0 Å². The Bertz CT molecular complexity index is 1370. The van der Waals surface area contributed by atoms with E-state index >= 15 is 0 Å². The average Bonchev–Trinajstić information content (AvgIpc) is 3.44. The molecule has 0 unspecified atom stereocenters. The van der Waals surface area contributed by atoms with Gasteiger partial charge in [0.25, 0.3) is 5.91 Å². The van der Waals surface area contributed by atoms with Crippen LogP contribution in [0.25, 0.3) is 11.3 Å². The molecule has 1 amide bonds. The highest BCUT2D eigenvalue weighted by Gasteiger charge is 2.42. The van der Waals surface area contributed by atoms with E-state index in [9.17, 15) is 9.90 Å². The molecule has 0 aliphatic carbocycles. The largest absolute Gasteiger partial charge is 0.507 e. The molecule has 0 spiro atoms. The van der Waals surface area contributed by atoms with E-state index in [0.29, 0.717) is 47.2 Å². The molecule has 0 saturated heterocycles. The fourth-order valence-corrected chi connectivity index (χ4v) is 4.57. The molecule has 3 heterocycles. The summed E-state index contributed by atoms with van der Waals surface area (Å²) in [5.41, 5.74) is 3.98. The predicted octanol–water partition coefficient (Wildman–Crippen LogP) is 5.11. The fraction of sp³-hybridized carbons (Fsp3) is 0.250. The average molecular weight is 485 g/mol. The summed E-state index contributed by atoms with van der Waals surface area (Å²) in [5, 5.41) is 17.9. The number of nitrogens with zero attached hydrogens (tertiary/aromatic N) is 3. The number of fused-ring (bicyclic) bond motifs is 1. The number of aromatic nitrogens is 3. The highest BCUT2D eigenvalue weighted by molar-refractivity contribution is 6.00. The lowest BCUT2D eigenvalue weighted by Gasteiger charge is -2.27. The van der Waals surface area contributed by atoms with E-state index in [1.54, 1.807) is 42.6 Å². The number of benzene rings is 2. The molecule has 1 aliphatic heterocycles. The molecule has 0 fully saturated rings. The van der Waals surface area contributed by atoms with Gasteiger partial charge >= 0.3 is 0 Å². The first-order valence-corrected chi connectivity index (χ1v) is 12.0. The Morgan fingerprint density at radius 3 is 2.72 bits per heavy atom. The molecule has 0 radical (unpaired) electrons. The van der Waals surface area contributed by atoms with Crippen molar-refractivity contribution in [2.45, 2.75) is 32.4 Å². The van der Waals surface area contributed by atoms with E-state index in [4.69, 9.17) is 9.47 Å². The fourth-order valence-electron chi connectivity index (χ4n) is 4.57. The van der Waals surface area contributed by atoms with Crippen LogP contribution in [0, 0.1) is 0 Å². The Balaban J connectivity index is 1.62. The number of hydrogen-bond donors (Lipinski definition) is 2. The number of rotatable bonds is 9. The number of aromatic hydroxyl groups is 1. The zero-order valence-electron chi connectivity index (χ0n) is 20.3. The molecule has 0 bridgehead atoms. The standard InChI is InChI=1S/C28H28N4O4/c1-3-4-14-36-22-12-11-19(15-23(22)35-2)27-24-25(20-9-5-6-10-21(20)33)30-31-26(24)28(34)32(27)17-18-8-7-13-29-16-18/h5-13,15-16,27,33H,3-4,14,17H2,1-2H3,(H,30,31)/t27-/m0/s1. The summed E-state index contributed by atoms with van der Waals surface area (Å²) in [6, 6.07) is 16.1. The first-order chi connectivity index (χ1) is 17.6. The number of carbonyl (C=O) groups is 1. The van der Waals surface area contributed by atoms with E-state index in [0.717, 1.165) is 24.0 Å². The molecule has 184 valence electrons. The lowest BCUT2D eigenvalue weighted by atomic mass is 9.95. The van der Waals surface area contributed by atoms with Gasteiger partial charge in [-0.05, 0) is 47.9 Å². The van der Waals surface area contributed by atoms with Crippen LogP contribution in [0.4, 0.5) is 0 Å². The van der Waals surface area contributed by atoms with Gasteiger partial charge in [0.2, 0.25) is 0 Å². The van der Waals surface area contributed by atoms with Crippen LogP contribution in [0.3, 0.4) is 0 Å². The molecule has 0 saturated carbocycles. The SMILES string of the molecule is CCCCOc1ccc([C@H]2c3c(-c4ccccc4O)n[nH]c3C(=O)N2Cc2cccnc2)cc1OC. The van der Waals surface area contributed by atoms with Crippen LogP contribution in [-0.2, 0) is 6.54 Å². The van der Waals surface area contributed by atoms with Crippen molar-refractivity contribution in [2.75, 3.05) is 13.7 Å². The topological polar surface area (TPSA) is 101 Å². The second-order valence-corrected chi connectivity index (χ2v) is 8.69. The van der Waals surface area contributed by atoms with E-state index in [-0.39, 0.29) is 11.7 Å². The van der Waals surface area contributed by atoms with Crippen LogP contribution in [0.15, 0.2) is 67.0 Å². The molecule has 2 aromatic heterocycles. The Morgan fingerprint density at radius 2 is 1.97 bits per heavy atom. The van der Waals surface area contributed by atoms with Crippen LogP contribution in [-0.4, -0.2) is 44.8 Å². The van der Waals surface area contributed by atoms with Crippen molar-refractivity contribution in [3.63, 3.8) is 0 Å². The van der Waals surface area contributed by atoms with Crippen LogP contribution in [0.2, 0.25) is 0 Å². The monoisotopic (exact) mass is 484 g/mol. The molecule has 1 aliphatic rings. The van der Waals surface area contributed by atoms with E-state index in [2.05, 4.69) is 22.1 Å². The Labute approximate surface area is 209 Å². The number of aromatic amines is 1. The van der Waals surface area contributed by atoms with Gasteiger partial charge in [-0.1, -0.05) is 37.6 Å². The van der Waals surface area contributed by atoms with Crippen molar-refractivity contribution >= 4 is 5.91 Å². The van der Waals surface area contributed by atoms with Crippen LogP contribution in [0.1, 0.15) is 53.0 Å². The van der Waals surface area contributed by atoms with Gasteiger partial charge < -0.3 is 19.5 Å². The minimum atomic E-state index is -0.459. The lowest BCUT2D eigenvalue weighted by Crippen LogP contribution is -2.29. The summed E-state index contributed by atoms with van der Waals surface area (Å²) in [5.74, 6) is 1.18. The van der Waals surface area contributed by atoms with Crippen LogP contribution < -0.4 is 9.47 Å². The normalized spacial score (nSPS) is 14.7. The van der Waals surface area contributed by atoms with Gasteiger partial charge in [0, 0.05) is 30.1 Å². The maximum atomic E-state index is 13.6. The first kappa shape index (κ1) is 23.4. The number of phenolic OH excluding ortho intramolecular Hbond substituents is 1. The first-order valence-electron chi connectivity index (χ1n) is 12.0. The minimum Gasteiger partial charge on any atom is -0.507 e. The summed E-state index contributed by atoms with van der Waals surface area (Å²) >= 11 is 0. The van der Waals surface area contributed by atoms with E-state index in [1.807, 2.05) is 36.4 Å². The summed E-state index contributed by atoms with van der Waals surface area (Å²) in [6.07, 6.45) is 5.44. The summed E-state index contributed by atoms with van der Waals surface area (Å²) in [4.78, 5) is 19.6. The highest BCUT2D eigenvalue weighted by Crippen LogP contribution is 2.46. The van der Waals surface area contributed by atoms with Crippen LogP contribution in [0.5, 0.6) is 17.2 Å². The number of pyridine rings is 1. The molecule has 4 aromatic rings. The van der Waals surface area contributed by atoms with Gasteiger partial charge in [0.05, 0.1) is 19.8 Å². The number of carbonyl (C=O) groups excluding carboxylic acids is 1. The molecule has 36 heavy (non-hydrogen) atoms. The van der Waals surface area contributed by atoms with Crippen molar-refractivity contribution in [1.82, 2.24) is 20.1 Å². The maximum Gasteiger partial charge on any atom is 0.273 e. The number of phenols is 1. The zero-order valence-corrected chi connectivity index (χ0v) is 20.3. The third kappa shape index (κ3) is 4.26. The zero-order chi connectivity index (χ0) is 25.1. The molecule has 2 aromatic carbocycles. The minimum absolute atomic E-state index is 0.0981. The predicted molar refractivity (Wildman–Crippen MR) is 135 cm³/mol. The van der Waals surface area contributed by atoms with Crippen molar-refractivity contribution in [1.29, 1.82) is 0 Å². The van der Waals surface area contributed by atoms with Gasteiger partial charge in [-0.15, -0.1) is 0 Å². The third-order valence-corrected chi connectivity index (χ3v) is 6.36. The second-order valence-electron chi connectivity index (χ2n) is 8.69. The second kappa shape index (κ2) is 10.1. The number of methoxy groups -OCH3 is 1. The summed E-state index contributed by atoms with van der Waals surface area (Å²) in [7, 11) is 1.61. The number of H-pyrrole nitrogens is 1. The molecule has 1 atom stereocenters. The number of nitrogens with one attached hydrogen (secondary N) is 1. The molecule has 8 nitrogen and oxygen atoms in total. The Kier molecular flexibility index (Phi) is 6.58. The summed E-state index contributed by atoms with van der Waals surface area (Å²) < 4.78 is 11.6. The maximum absolute atomic E-state index is 13.6. The van der Waals surface area contributed by atoms with Gasteiger partial charge in [0.15, 0.2) is 11.5 Å². The molecular weight excluding hydrogens is 456 g/mol. The quantitative estimate of drug-likeness (QED) is 0.320. The number of amides is 1. The third-order valence-electron chi connectivity index (χ3n) is 6.36. The number of para-hydroxylation sites is 1. The van der Waals surface area contributed by atoms with Gasteiger partial charge in [-0.25, -0.2) is 0 Å². The van der Waals surface area contributed by atoms with E-state index < -0.39 is 6.04 Å². The molecule has 2 N–H and O–H groups in total. The van der Waals surface area contributed by atoms with Crippen molar-refractivity contribution in [3.05, 3.63) is 89.4 Å². The van der Waals surface area contributed by atoms with Crippen molar-refractivity contribution in [2.24, 2.45) is 0 Å². The van der Waals surface area contributed by atoms with Crippen molar-refractivity contribution in [3.8, 4) is 28.5 Å². The number of unbranched alkanes of at least 4 members (excludes halogenated alkanes) is 1. The smallest absolute Gasteiger partial charge is 0.273 e. The van der Waals surface area contributed by atoms with Crippen molar-refractivity contribution < 1.29 is 19.4 Å². The van der Waals surface area contributed by atoms with E-state index in [1.165, 1.54) is 0 Å².